The number of hydrogen-bond donors (Lipinski definition) is 1. The molecule has 1 N–H and O–H groups in total. The second kappa shape index (κ2) is 6.72. The van der Waals surface area contributed by atoms with Crippen molar-refractivity contribution < 1.29 is 14.7 Å². The molecule has 0 radical (unpaired) electrons. The summed E-state index contributed by atoms with van der Waals surface area (Å²) in [5.74, 6) is -0.885. The van der Waals surface area contributed by atoms with Crippen LogP contribution < -0.4 is 0 Å². The summed E-state index contributed by atoms with van der Waals surface area (Å²) in [6.45, 7) is 2.49. The number of halogens is 1. The summed E-state index contributed by atoms with van der Waals surface area (Å²) in [5.41, 5.74) is 0.573. The molecule has 0 aromatic heterocycles. The molecule has 0 bridgehead atoms. The summed E-state index contributed by atoms with van der Waals surface area (Å²) in [7, 11) is 0. The zero-order valence-corrected chi connectivity index (χ0v) is 11.8. The van der Waals surface area contributed by atoms with Gasteiger partial charge in [-0.1, -0.05) is 17.7 Å². The van der Waals surface area contributed by atoms with Crippen molar-refractivity contribution in [1.82, 2.24) is 9.80 Å². The molecule has 0 saturated carbocycles. The highest BCUT2D eigenvalue weighted by Gasteiger charge is 2.21. The van der Waals surface area contributed by atoms with E-state index in [1.165, 1.54) is 0 Å². The zero-order chi connectivity index (χ0) is 14.5. The van der Waals surface area contributed by atoms with Crippen molar-refractivity contribution >= 4 is 23.5 Å². The fourth-order valence-corrected chi connectivity index (χ4v) is 2.52. The lowest BCUT2D eigenvalue weighted by Gasteiger charge is -2.21. The average molecular weight is 297 g/mol. The summed E-state index contributed by atoms with van der Waals surface area (Å²) in [5, 5.41) is 9.34. The van der Waals surface area contributed by atoms with Gasteiger partial charge in [0.05, 0.1) is 6.54 Å². The molecular weight excluding hydrogens is 280 g/mol. The minimum absolute atomic E-state index is 0.0270. The lowest BCUT2D eigenvalue weighted by atomic mass is 10.2. The van der Waals surface area contributed by atoms with E-state index in [9.17, 15) is 9.59 Å². The Morgan fingerprint density at radius 3 is 2.70 bits per heavy atom. The monoisotopic (exact) mass is 296 g/mol. The molecule has 0 unspecified atom stereocenters. The number of nitrogens with zero attached hydrogens (tertiary/aromatic N) is 2. The van der Waals surface area contributed by atoms with Crippen molar-refractivity contribution in [3.8, 4) is 0 Å². The van der Waals surface area contributed by atoms with Crippen LogP contribution in [0.5, 0.6) is 0 Å². The van der Waals surface area contributed by atoms with Crippen molar-refractivity contribution in [1.29, 1.82) is 0 Å². The molecule has 1 aliphatic rings. The number of carboxylic acid groups (broad SMARTS) is 1. The topological polar surface area (TPSA) is 60.9 Å². The molecule has 5 nitrogen and oxygen atoms in total. The Labute approximate surface area is 122 Å². The molecule has 1 fully saturated rings. The lowest BCUT2D eigenvalue weighted by Crippen LogP contribution is -2.36. The van der Waals surface area contributed by atoms with Crippen LogP contribution in [-0.4, -0.2) is 59.5 Å². The number of benzene rings is 1. The highest BCUT2D eigenvalue weighted by Crippen LogP contribution is 2.14. The molecule has 0 spiro atoms. The van der Waals surface area contributed by atoms with Gasteiger partial charge >= 0.3 is 5.97 Å². The SMILES string of the molecule is O=C(O)CN1CCCN(C(=O)c2cccc(Cl)c2)CC1. The molecular formula is C14H17ClN2O3. The van der Waals surface area contributed by atoms with Crippen LogP contribution in [0.4, 0.5) is 0 Å². The second-order valence-electron chi connectivity index (χ2n) is 4.83. The molecule has 1 amide bonds. The predicted molar refractivity (Wildman–Crippen MR) is 76.0 cm³/mol. The third-order valence-corrected chi connectivity index (χ3v) is 3.54. The summed E-state index contributed by atoms with van der Waals surface area (Å²) < 4.78 is 0. The Morgan fingerprint density at radius 2 is 2.00 bits per heavy atom. The van der Waals surface area contributed by atoms with Gasteiger partial charge in [-0.05, 0) is 24.6 Å². The van der Waals surface area contributed by atoms with Gasteiger partial charge in [-0.2, -0.15) is 0 Å². The Kier molecular flexibility index (Phi) is 4.98. The quantitative estimate of drug-likeness (QED) is 0.920. The molecule has 0 aliphatic carbocycles. The van der Waals surface area contributed by atoms with E-state index in [4.69, 9.17) is 16.7 Å². The van der Waals surface area contributed by atoms with Gasteiger partial charge in [0.2, 0.25) is 0 Å². The summed E-state index contributed by atoms with van der Waals surface area (Å²) >= 11 is 5.90. The van der Waals surface area contributed by atoms with Gasteiger partial charge < -0.3 is 10.0 Å². The third kappa shape index (κ3) is 3.95. The van der Waals surface area contributed by atoms with Crippen LogP contribution in [-0.2, 0) is 4.79 Å². The van der Waals surface area contributed by atoms with E-state index in [1.807, 2.05) is 4.90 Å². The molecule has 2 rings (SSSR count). The molecule has 6 heteroatoms. The highest BCUT2D eigenvalue weighted by atomic mass is 35.5. The van der Waals surface area contributed by atoms with Gasteiger partial charge in [-0.15, -0.1) is 0 Å². The number of hydrogen-bond acceptors (Lipinski definition) is 3. The van der Waals surface area contributed by atoms with E-state index in [0.717, 1.165) is 6.42 Å². The van der Waals surface area contributed by atoms with Crippen molar-refractivity contribution in [2.45, 2.75) is 6.42 Å². The van der Waals surface area contributed by atoms with Crippen LogP contribution in [0, 0.1) is 0 Å². The first kappa shape index (κ1) is 14.8. The van der Waals surface area contributed by atoms with Crippen molar-refractivity contribution in [3.63, 3.8) is 0 Å². The maximum absolute atomic E-state index is 12.4. The Hall–Kier alpha value is -1.59. The van der Waals surface area contributed by atoms with Crippen molar-refractivity contribution in [3.05, 3.63) is 34.9 Å². The van der Waals surface area contributed by atoms with E-state index in [-0.39, 0.29) is 12.5 Å². The van der Waals surface area contributed by atoms with E-state index in [2.05, 4.69) is 0 Å². The van der Waals surface area contributed by atoms with Gasteiger partial charge in [0, 0.05) is 36.8 Å². The Balaban J connectivity index is 1.99. The van der Waals surface area contributed by atoms with Gasteiger partial charge in [-0.25, -0.2) is 0 Å². The molecule has 1 aromatic carbocycles. The summed E-state index contributed by atoms with van der Waals surface area (Å²) in [6.07, 6.45) is 0.777. The van der Waals surface area contributed by atoms with Crippen LogP contribution >= 0.6 is 11.6 Å². The third-order valence-electron chi connectivity index (χ3n) is 3.31. The van der Waals surface area contributed by atoms with Crippen molar-refractivity contribution in [2.75, 3.05) is 32.7 Å². The number of aliphatic carboxylic acids is 1. The van der Waals surface area contributed by atoms with Gasteiger partial charge in [-0.3, -0.25) is 14.5 Å². The van der Waals surface area contributed by atoms with E-state index in [1.54, 1.807) is 29.2 Å². The minimum Gasteiger partial charge on any atom is -0.480 e. The molecule has 1 aromatic rings. The lowest BCUT2D eigenvalue weighted by molar-refractivity contribution is -0.138. The van der Waals surface area contributed by atoms with E-state index >= 15 is 0 Å². The number of rotatable bonds is 3. The first-order valence-corrected chi connectivity index (χ1v) is 6.93. The molecule has 20 heavy (non-hydrogen) atoms. The number of amides is 1. The smallest absolute Gasteiger partial charge is 0.317 e. The minimum atomic E-state index is -0.834. The molecule has 1 aliphatic heterocycles. The summed E-state index contributed by atoms with van der Waals surface area (Å²) in [6, 6.07) is 6.89. The van der Waals surface area contributed by atoms with Crippen molar-refractivity contribution in [2.24, 2.45) is 0 Å². The normalized spacial score (nSPS) is 16.8. The molecule has 108 valence electrons. The van der Waals surface area contributed by atoms with Gasteiger partial charge in [0.25, 0.3) is 5.91 Å². The van der Waals surface area contributed by atoms with Crippen LogP contribution in [0.1, 0.15) is 16.8 Å². The predicted octanol–water partition coefficient (Wildman–Crippen LogP) is 1.57. The van der Waals surface area contributed by atoms with Gasteiger partial charge in [0.1, 0.15) is 0 Å². The first-order chi connectivity index (χ1) is 9.56. The number of carboxylic acids is 1. The maximum atomic E-state index is 12.4. The number of carbonyl (C=O) groups is 2. The molecule has 1 heterocycles. The molecule has 1 saturated heterocycles. The summed E-state index contributed by atoms with van der Waals surface area (Å²) in [4.78, 5) is 26.7. The molecule has 0 atom stereocenters. The van der Waals surface area contributed by atoms with E-state index in [0.29, 0.717) is 36.8 Å². The zero-order valence-electron chi connectivity index (χ0n) is 11.1. The average Bonchev–Trinajstić information content (AvgIpc) is 2.63. The Bertz CT molecular complexity index is 507. The highest BCUT2D eigenvalue weighted by molar-refractivity contribution is 6.30. The second-order valence-corrected chi connectivity index (χ2v) is 5.26. The fourth-order valence-electron chi connectivity index (χ4n) is 2.33. The van der Waals surface area contributed by atoms with E-state index < -0.39 is 5.97 Å². The first-order valence-electron chi connectivity index (χ1n) is 6.55. The maximum Gasteiger partial charge on any atom is 0.317 e. The Morgan fingerprint density at radius 1 is 1.20 bits per heavy atom. The van der Waals surface area contributed by atoms with Crippen LogP contribution in [0.15, 0.2) is 24.3 Å². The fraction of sp³-hybridized carbons (Fsp3) is 0.429. The van der Waals surface area contributed by atoms with Crippen LogP contribution in [0.25, 0.3) is 0 Å². The van der Waals surface area contributed by atoms with Gasteiger partial charge in [0.15, 0.2) is 0 Å². The number of carbonyl (C=O) groups excluding carboxylic acids is 1. The largest absolute Gasteiger partial charge is 0.480 e. The van der Waals surface area contributed by atoms with Crippen LogP contribution in [0.3, 0.4) is 0 Å². The van der Waals surface area contributed by atoms with Crippen LogP contribution in [0.2, 0.25) is 5.02 Å². The standard InChI is InChI=1S/C14H17ClN2O3/c15-12-4-1-3-11(9-12)14(20)17-6-2-5-16(7-8-17)10-13(18)19/h1,3-4,9H,2,5-8,10H2,(H,18,19).